The van der Waals surface area contributed by atoms with Gasteiger partial charge in [0.25, 0.3) is 0 Å². The van der Waals surface area contributed by atoms with Gasteiger partial charge < -0.3 is 10.1 Å². The Morgan fingerprint density at radius 3 is 2.86 bits per heavy atom. The number of benzene rings is 1. The van der Waals surface area contributed by atoms with Gasteiger partial charge in [0.15, 0.2) is 5.75 Å². The Balaban J connectivity index is 2.16. The lowest BCUT2D eigenvalue weighted by Crippen LogP contribution is -2.03. The van der Waals surface area contributed by atoms with E-state index in [0.29, 0.717) is 23.9 Å². The minimum atomic E-state index is -0.393. The summed E-state index contributed by atoms with van der Waals surface area (Å²) in [5, 5.41) is 16.3. The van der Waals surface area contributed by atoms with E-state index in [9.17, 15) is 10.1 Å². The Morgan fingerprint density at radius 1 is 1.48 bits per heavy atom. The first kappa shape index (κ1) is 16.1. The summed E-state index contributed by atoms with van der Waals surface area (Å²) in [7, 11) is 0. The molecule has 0 saturated carbocycles. The molecular formula is C13H12BrClN2O3S. The number of thiophene rings is 1. The summed E-state index contributed by atoms with van der Waals surface area (Å²) in [6.07, 6.45) is 0. The van der Waals surface area contributed by atoms with Crippen LogP contribution in [-0.2, 0) is 6.54 Å². The van der Waals surface area contributed by atoms with Crippen LogP contribution in [0.1, 0.15) is 12.5 Å². The summed E-state index contributed by atoms with van der Waals surface area (Å²) in [6.45, 7) is 2.88. The zero-order chi connectivity index (χ0) is 15.4. The molecule has 0 unspecified atom stereocenters. The van der Waals surface area contributed by atoms with E-state index in [1.807, 2.05) is 6.92 Å². The topological polar surface area (TPSA) is 64.4 Å². The first-order valence-corrected chi connectivity index (χ1v) is 8.13. The minimum Gasteiger partial charge on any atom is -0.491 e. The van der Waals surface area contributed by atoms with Crippen molar-refractivity contribution in [1.29, 1.82) is 0 Å². The van der Waals surface area contributed by atoms with Crippen LogP contribution in [0.2, 0.25) is 5.02 Å². The summed E-state index contributed by atoms with van der Waals surface area (Å²) in [4.78, 5) is 10.3. The Kier molecular flexibility index (Phi) is 5.44. The van der Waals surface area contributed by atoms with E-state index in [4.69, 9.17) is 16.3 Å². The maximum atomic E-state index is 10.7. The van der Waals surface area contributed by atoms with Crippen molar-refractivity contribution in [3.63, 3.8) is 0 Å². The van der Waals surface area contributed by atoms with Gasteiger partial charge in [-0.3, -0.25) is 10.1 Å². The maximum Gasteiger partial charge on any atom is 0.324 e. The lowest BCUT2D eigenvalue weighted by atomic mass is 10.2. The first-order valence-electron chi connectivity index (χ1n) is 6.08. The van der Waals surface area contributed by atoms with Gasteiger partial charge in [0.1, 0.15) is 0 Å². The van der Waals surface area contributed by atoms with Gasteiger partial charge in [-0.2, -0.15) is 0 Å². The van der Waals surface area contributed by atoms with E-state index >= 15 is 0 Å². The Bertz CT molecular complexity index is 663. The van der Waals surface area contributed by atoms with Crippen LogP contribution in [0.3, 0.4) is 0 Å². The van der Waals surface area contributed by atoms with Gasteiger partial charge >= 0.3 is 5.00 Å². The van der Waals surface area contributed by atoms with Crippen LogP contribution >= 0.6 is 38.9 Å². The number of nitrogens with one attached hydrogen (secondary N) is 1. The molecule has 0 amide bonds. The lowest BCUT2D eigenvalue weighted by Gasteiger charge is -2.14. The molecule has 1 N–H and O–H groups in total. The predicted octanol–water partition coefficient (Wildman–Crippen LogP) is 5.08. The van der Waals surface area contributed by atoms with Crippen molar-refractivity contribution in [3.8, 4) is 5.75 Å². The number of ether oxygens (including phenoxy) is 1. The summed E-state index contributed by atoms with van der Waals surface area (Å²) < 4.78 is 6.34. The molecule has 1 heterocycles. The molecule has 1 aromatic carbocycles. The van der Waals surface area contributed by atoms with Crippen LogP contribution in [0.4, 0.5) is 10.7 Å². The van der Waals surface area contributed by atoms with Crippen molar-refractivity contribution < 1.29 is 9.66 Å². The lowest BCUT2D eigenvalue weighted by molar-refractivity contribution is -0.380. The van der Waals surface area contributed by atoms with Gasteiger partial charge in [-0.1, -0.05) is 22.9 Å². The quantitative estimate of drug-likeness (QED) is 0.550. The van der Waals surface area contributed by atoms with E-state index in [1.165, 1.54) is 0 Å². The highest BCUT2D eigenvalue weighted by Crippen LogP contribution is 2.37. The molecule has 2 aromatic rings. The molecule has 0 atom stereocenters. The van der Waals surface area contributed by atoms with Gasteiger partial charge in [-0.15, -0.1) is 0 Å². The van der Waals surface area contributed by atoms with Crippen molar-refractivity contribution in [1.82, 2.24) is 0 Å². The highest BCUT2D eigenvalue weighted by molar-refractivity contribution is 9.10. The third kappa shape index (κ3) is 4.09. The SMILES string of the molecule is CCOc1c(Br)cc(Cl)cc1NCc1csc([N+](=O)[O-])c1. The first-order chi connectivity index (χ1) is 10.0. The van der Waals surface area contributed by atoms with Gasteiger partial charge in [0.05, 0.1) is 21.7 Å². The van der Waals surface area contributed by atoms with E-state index < -0.39 is 4.92 Å². The van der Waals surface area contributed by atoms with Crippen LogP contribution in [0.5, 0.6) is 5.75 Å². The predicted molar refractivity (Wildman–Crippen MR) is 88.6 cm³/mol. The Hall–Kier alpha value is -1.31. The average molecular weight is 392 g/mol. The maximum absolute atomic E-state index is 10.7. The summed E-state index contributed by atoms with van der Waals surface area (Å²) >= 11 is 10.6. The van der Waals surface area contributed by atoms with Crippen LogP contribution in [-0.4, -0.2) is 11.5 Å². The standard InChI is InChI=1S/C13H12BrClN2O3S/c1-2-20-13-10(14)4-9(15)5-11(13)16-6-8-3-12(17(18)19)21-7-8/h3-5,7,16H,2,6H2,1H3. The number of rotatable bonds is 6. The van der Waals surface area contributed by atoms with E-state index in [0.717, 1.165) is 27.1 Å². The largest absolute Gasteiger partial charge is 0.491 e. The zero-order valence-electron chi connectivity index (χ0n) is 11.1. The van der Waals surface area contributed by atoms with Crippen LogP contribution < -0.4 is 10.1 Å². The smallest absolute Gasteiger partial charge is 0.324 e. The number of nitrogens with zero attached hydrogens (tertiary/aromatic N) is 1. The molecule has 1 aromatic heterocycles. The molecule has 5 nitrogen and oxygen atoms in total. The summed E-state index contributed by atoms with van der Waals surface area (Å²) in [6, 6.07) is 5.07. The number of anilines is 1. The fraction of sp³-hybridized carbons (Fsp3) is 0.231. The molecule has 0 aliphatic heterocycles. The molecule has 112 valence electrons. The Morgan fingerprint density at radius 2 is 2.24 bits per heavy atom. The van der Waals surface area contributed by atoms with E-state index in [1.54, 1.807) is 23.6 Å². The fourth-order valence-corrected chi connectivity index (χ4v) is 3.38. The fourth-order valence-electron chi connectivity index (χ4n) is 1.73. The van der Waals surface area contributed by atoms with Crippen molar-refractivity contribution >= 4 is 49.6 Å². The highest BCUT2D eigenvalue weighted by Gasteiger charge is 2.12. The number of halogens is 2. The average Bonchev–Trinajstić information content (AvgIpc) is 2.89. The zero-order valence-corrected chi connectivity index (χ0v) is 14.2. The van der Waals surface area contributed by atoms with Crippen molar-refractivity contribution in [2.75, 3.05) is 11.9 Å². The molecule has 0 fully saturated rings. The molecule has 0 aliphatic rings. The monoisotopic (exact) mass is 390 g/mol. The second kappa shape index (κ2) is 7.11. The summed E-state index contributed by atoms with van der Waals surface area (Å²) in [5.74, 6) is 0.673. The second-order valence-corrected chi connectivity index (χ2v) is 6.28. The van der Waals surface area contributed by atoms with Crippen LogP contribution in [0.15, 0.2) is 28.1 Å². The minimum absolute atomic E-state index is 0.129. The molecule has 8 heteroatoms. The second-order valence-electron chi connectivity index (χ2n) is 4.10. The van der Waals surface area contributed by atoms with E-state index in [-0.39, 0.29) is 5.00 Å². The molecule has 0 radical (unpaired) electrons. The molecule has 0 aliphatic carbocycles. The van der Waals surface area contributed by atoms with Crippen LogP contribution in [0, 0.1) is 10.1 Å². The molecule has 2 rings (SSSR count). The van der Waals surface area contributed by atoms with Gasteiger partial charge in [0.2, 0.25) is 0 Å². The molecular weight excluding hydrogens is 380 g/mol. The van der Waals surface area contributed by atoms with Crippen molar-refractivity contribution in [3.05, 3.63) is 48.8 Å². The third-order valence-electron chi connectivity index (χ3n) is 2.60. The number of hydrogen-bond donors (Lipinski definition) is 1. The van der Waals surface area contributed by atoms with E-state index in [2.05, 4.69) is 21.2 Å². The highest BCUT2D eigenvalue weighted by atomic mass is 79.9. The van der Waals surface area contributed by atoms with Crippen molar-refractivity contribution in [2.45, 2.75) is 13.5 Å². The third-order valence-corrected chi connectivity index (χ3v) is 4.34. The molecule has 21 heavy (non-hydrogen) atoms. The van der Waals surface area contributed by atoms with Crippen molar-refractivity contribution in [2.24, 2.45) is 0 Å². The molecule has 0 spiro atoms. The molecule has 0 saturated heterocycles. The Labute approximate surface area is 139 Å². The number of nitro groups is 1. The van der Waals surface area contributed by atoms with Gasteiger partial charge in [-0.05, 0) is 40.5 Å². The summed E-state index contributed by atoms with van der Waals surface area (Å²) in [5.41, 5.74) is 1.58. The van der Waals surface area contributed by atoms with Crippen LogP contribution in [0.25, 0.3) is 0 Å². The normalized spacial score (nSPS) is 10.4. The van der Waals surface area contributed by atoms with Gasteiger partial charge in [0, 0.05) is 23.0 Å². The van der Waals surface area contributed by atoms with Gasteiger partial charge in [-0.25, -0.2) is 0 Å². The number of hydrogen-bond acceptors (Lipinski definition) is 5. The molecule has 0 bridgehead atoms.